The van der Waals surface area contributed by atoms with Crippen molar-refractivity contribution >= 4 is 35.5 Å². The average Bonchev–Trinajstić information content (AvgIpc) is 3.37. The van der Waals surface area contributed by atoms with Crippen LogP contribution in [-0.2, 0) is 44.5 Å². The van der Waals surface area contributed by atoms with Crippen LogP contribution in [0, 0.1) is 22.7 Å². The standard InChI is InChI=1S/C56H50F4N4O8/c57-55(58,43-13-23-47(24-14-43)67-33-5-1-3-31-61)71-49-19-7-39(8-20-49)11-29-53(65)69-37-41-35-45(63)17-27-51(41)52-28-18-46(64)36-42(52)38-70-54(66)30-12-40-9-21-50(22-10-40)72-56(59,60)44-15-25-48(26-16-44)68-34-6-2-4-32-62/h7-30,35-36H,1-6,33-34,37-38,63-64H2/b29-11+,30-12+. The van der Waals surface area contributed by atoms with E-state index in [9.17, 15) is 27.2 Å². The number of nitriles is 2. The third-order valence-electron chi connectivity index (χ3n) is 10.6. The average molecular weight is 983 g/mol. The zero-order valence-electron chi connectivity index (χ0n) is 38.9. The molecule has 0 atom stereocenters. The number of esters is 2. The Balaban J connectivity index is 0.994. The van der Waals surface area contributed by atoms with Crippen molar-refractivity contribution in [3.8, 4) is 46.3 Å². The Morgan fingerprint density at radius 2 is 0.861 bits per heavy atom. The lowest BCUT2D eigenvalue weighted by atomic mass is 9.95. The topological polar surface area (TPSA) is 189 Å². The summed E-state index contributed by atoms with van der Waals surface area (Å²) in [5.41, 5.74) is 15.7. The van der Waals surface area contributed by atoms with E-state index in [2.05, 4.69) is 12.1 Å². The second-order valence-electron chi connectivity index (χ2n) is 16.1. The molecule has 12 nitrogen and oxygen atoms in total. The largest absolute Gasteiger partial charge is 0.494 e. The van der Waals surface area contributed by atoms with E-state index in [0.29, 0.717) is 108 Å². The van der Waals surface area contributed by atoms with Crippen LogP contribution in [0.2, 0.25) is 0 Å². The zero-order chi connectivity index (χ0) is 51.4. The normalized spacial score (nSPS) is 11.4. The first kappa shape index (κ1) is 52.6. The summed E-state index contributed by atoms with van der Waals surface area (Å²) >= 11 is 0. The Hall–Kier alpha value is -8.76. The maximum Gasteiger partial charge on any atom is 0.426 e. The first-order valence-corrected chi connectivity index (χ1v) is 22.7. The molecule has 0 saturated carbocycles. The van der Waals surface area contributed by atoms with Gasteiger partial charge in [-0.05, 0) is 168 Å². The molecule has 0 fully saturated rings. The third kappa shape index (κ3) is 16.2. The molecule has 0 aromatic heterocycles. The lowest BCUT2D eigenvalue weighted by Crippen LogP contribution is -2.21. The van der Waals surface area contributed by atoms with Crippen molar-refractivity contribution in [1.82, 2.24) is 0 Å². The molecule has 0 radical (unpaired) electrons. The Morgan fingerprint density at radius 3 is 1.22 bits per heavy atom. The monoisotopic (exact) mass is 982 g/mol. The van der Waals surface area contributed by atoms with Crippen LogP contribution < -0.4 is 30.4 Å². The second-order valence-corrected chi connectivity index (χ2v) is 16.1. The lowest BCUT2D eigenvalue weighted by Gasteiger charge is -2.18. The highest BCUT2D eigenvalue weighted by atomic mass is 19.3. The number of nitrogens with two attached hydrogens (primary N) is 2. The van der Waals surface area contributed by atoms with E-state index in [0.717, 1.165) is 0 Å². The highest BCUT2D eigenvalue weighted by Gasteiger charge is 2.35. The van der Waals surface area contributed by atoms with Crippen molar-refractivity contribution in [3.05, 3.63) is 179 Å². The number of carbonyl (C=O) groups excluding carboxylic acids is 2. The van der Waals surface area contributed by atoms with Gasteiger partial charge in [0.2, 0.25) is 0 Å². The number of unbranched alkanes of at least 4 members (excludes halogenated alkanes) is 4. The molecule has 0 heterocycles. The van der Waals surface area contributed by atoms with Gasteiger partial charge in [0.05, 0.1) is 36.5 Å². The van der Waals surface area contributed by atoms with Gasteiger partial charge in [-0.1, -0.05) is 36.4 Å². The number of rotatable bonds is 25. The SMILES string of the molecule is N#CCCCCOc1ccc(C(F)(F)Oc2ccc(/C=C/C(=O)OCc3cc(N)ccc3-c3ccc(N)cc3COC(=O)/C=C/c3ccc(OC(F)(F)c4ccc(OCCCCC#N)cc4)cc3)cc2)cc1. The Bertz CT molecular complexity index is 2700. The maximum atomic E-state index is 15.0. The summed E-state index contributed by atoms with van der Waals surface area (Å²) in [7, 11) is 0. The van der Waals surface area contributed by atoms with Crippen LogP contribution in [0.3, 0.4) is 0 Å². The van der Waals surface area contributed by atoms with Crippen molar-refractivity contribution in [3.63, 3.8) is 0 Å². The van der Waals surface area contributed by atoms with E-state index in [1.165, 1.54) is 121 Å². The van der Waals surface area contributed by atoms with Crippen molar-refractivity contribution in [2.45, 2.75) is 64.0 Å². The molecule has 6 rings (SSSR count). The van der Waals surface area contributed by atoms with Gasteiger partial charge in [-0.2, -0.15) is 28.1 Å². The third-order valence-corrected chi connectivity index (χ3v) is 10.6. The van der Waals surface area contributed by atoms with E-state index >= 15 is 0 Å². The summed E-state index contributed by atoms with van der Waals surface area (Å²) < 4.78 is 92.1. The van der Waals surface area contributed by atoms with Gasteiger partial charge in [-0.15, -0.1) is 0 Å². The summed E-state index contributed by atoms with van der Waals surface area (Å²) in [5.74, 6) is -0.752. The number of benzene rings is 6. The molecule has 0 aliphatic rings. The van der Waals surface area contributed by atoms with E-state index in [4.69, 9.17) is 50.4 Å². The van der Waals surface area contributed by atoms with E-state index in [-0.39, 0.29) is 35.8 Å². The second kappa shape index (κ2) is 25.7. The van der Waals surface area contributed by atoms with Crippen molar-refractivity contribution in [2.24, 2.45) is 0 Å². The highest BCUT2D eigenvalue weighted by Crippen LogP contribution is 2.35. The van der Waals surface area contributed by atoms with Crippen molar-refractivity contribution < 1.29 is 55.6 Å². The number of halogens is 4. The first-order chi connectivity index (χ1) is 34.7. The predicted octanol–water partition coefficient (Wildman–Crippen LogP) is 12.4. The van der Waals surface area contributed by atoms with Crippen LogP contribution in [0.15, 0.2) is 146 Å². The van der Waals surface area contributed by atoms with Gasteiger partial charge in [-0.3, -0.25) is 0 Å². The quantitative estimate of drug-likeness (QED) is 0.0182. The van der Waals surface area contributed by atoms with Crippen molar-refractivity contribution in [2.75, 3.05) is 24.7 Å². The molecular formula is C56H50F4N4O8. The van der Waals surface area contributed by atoms with Gasteiger partial charge in [0, 0.05) is 36.4 Å². The molecule has 0 aliphatic carbocycles. The number of nitrogen functional groups attached to an aromatic ring is 2. The van der Waals surface area contributed by atoms with Gasteiger partial charge in [0.25, 0.3) is 0 Å². The number of hydrogen-bond acceptors (Lipinski definition) is 12. The molecule has 0 bridgehead atoms. The fourth-order valence-corrected chi connectivity index (χ4v) is 6.90. The zero-order valence-corrected chi connectivity index (χ0v) is 38.9. The summed E-state index contributed by atoms with van der Waals surface area (Å²) in [4.78, 5) is 25.8. The molecule has 72 heavy (non-hydrogen) atoms. The Labute approximate surface area is 414 Å². The molecule has 0 unspecified atom stereocenters. The summed E-state index contributed by atoms with van der Waals surface area (Å²) in [5, 5.41) is 17.3. The van der Waals surface area contributed by atoms with E-state index in [1.807, 2.05) is 0 Å². The molecule has 370 valence electrons. The lowest BCUT2D eigenvalue weighted by molar-refractivity contribution is -0.186. The minimum absolute atomic E-state index is 0.102. The fraction of sp³-hybridized carbons (Fsp3) is 0.214. The number of nitrogens with zero attached hydrogens (tertiary/aromatic N) is 2. The van der Waals surface area contributed by atoms with Gasteiger partial charge >= 0.3 is 24.2 Å². The molecule has 0 aliphatic heterocycles. The molecule has 0 spiro atoms. The minimum Gasteiger partial charge on any atom is -0.494 e. The van der Waals surface area contributed by atoms with Crippen LogP contribution in [0.5, 0.6) is 23.0 Å². The number of hydrogen-bond donors (Lipinski definition) is 2. The van der Waals surface area contributed by atoms with E-state index < -0.39 is 24.2 Å². The van der Waals surface area contributed by atoms with Gasteiger partial charge in [0.1, 0.15) is 36.2 Å². The van der Waals surface area contributed by atoms with Crippen molar-refractivity contribution in [1.29, 1.82) is 10.5 Å². The van der Waals surface area contributed by atoms with Gasteiger partial charge < -0.3 is 39.9 Å². The molecule has 6 aromatic carbocycles. The number of ether oxygens (including phenoxy) is 6. The van der Waals surface area contributed by atoms with Gasteiger partial charge in [0.15, 0.2) is 0 Å². The van der Waals surface area contributed by atoms with E-state index in [1.54, 1.807) is 36.4 Å². The molecule has 6 aromatic rings. The predicted molar refractivity (Wildman–Crippen MR) is 263 cm³/mol. The van der Waals surface area contributed by atoms with Crippen LogP contribution in [0.1, 0.15) is 71.9 Å². The highest BCUT2D eigenvalue weighted by molar-refractivity contribution is 5.88. The summed E-state index contributed by atoms with van der Waals surface area (Å²) in [6.07, 6.45) is 1.56. The molecular weight excluding hydrogens is 933 g/mol. The number of anilines is 2. The number of carbonyl (C=O) groups is 2. The smallest absolute Gasteiger partial charge is 0.426 e. The first-order valence-electron chi connectivity index (χ1n) is 22.7. The Kier molecular flexibility index (Phi) is 18.8. The maximum absolute atomic E-state index is 15.0. The van der Waals surface area contributed by atoms with Crippen LogP contribution >= 0.6 is 0 Å². The minimum atomic E-state index is -3.64. The number of alkyl halides is 4. The van der Waals surface area contributed by atoms with Crippen LogP contribution in [0.4, 0.5) is 28.9 Å². The van der Waals surface area contributed by atoms with Gasteiger partial charge in [-0.25, -0.2) is 9.59 Å². The van der Waals surface area contributed by atoms with Crippen LogP contribution in [0.25, 0.3) is 23.3 Å². The molecule has 4 N–H and O–H groups in total. The molecule has 16 heteroatoms. The molecule has 0 amide bonds. The Morgan fingerprint density at radius 1 is 0.500 bits per heavy atom. The fourth-order valence-electron chi connectivity index (χ4n) is 6.90. The summed E-state index contributed by atoms with van der Waals surface area (Å²) in [6, 6.07) is 36.2. The summed E-state index contributed by atoms with van der Waals surface area (Å²) in [6.45, 7) is 0.350. The molecule has 0 saturated heterocycles. The van der Waals surface area contributed by atoms with Crippen LogP contribution in [-0.4, -0.2) is 25.2 Å².